The summed E-state index contributed by atoms with van der Waals surface area (Å²) in [4.78, 5) is 0. The first kappa shape index (κ1) is 16.9. The van der Waals surface area contributed by atoms with E-state index in [1.54, 1.807) is 0 Å². The third-order valence-electron chi connectivity index (χ3n) is 2.28. The molecule has 0 saturated carbocycles. The van der Waals surface area contributed by atoms with Crippen molar-refractivity contribution in [2.24, 2.45) is 0 Å². The minimum Gasteiger partial charge on any atom is -0.381 e. The zero-order chi connectivity index (χ0) is 9.78. The van der Waals surface area contributed by atoms with E-state index in [0.717, 1.165) is 13.2 Å². The van der Waals surface area contributed by atoms with Gasteiger partial charge in [-0.05, 0) is 12.8 Å². The molecule has 83 valence electrons. The van der Waals surface area contributed by atoms with Crippen molar-refractivity contribution in [2.45, 2.75) is 65.2 Å². The Labute approximate surface area is 101 Å². The summed E-state index contributed by atoms with van der Waals surface area (Å²) in [6.07, 6.45) is 10.5. The van der Waals surface area contributed by atoms with E-state index in [0.29, 0.717) is 0 Å². The lowest BCUT2D eigenvalue weighted by atomic mass is 10.2. The summed E-state index contributed by atoms with van der Waals surface area (Å²) in [5.74, 6) is 0. The fraction of sp³-hybridized carbons (Fsp3) is 1.00. The molecule has 0 N–H and O–H groups in total. The molecule has 3 radical (unpaired) electrons. The molecule has 0 fully saturated rings. The van der Waals surface area contributed by atoms with Gasteiger partial charge in [-0.3, -0.25) is 0 Å². The Bertz CT molecular complexity index is 76.4. The molecule has 0 rings (SSSR count). The molecule has 2 heteroatoms. The van der Waals surface area contributed by atoms with Gasteiger partial charge in [0, 0.05) is 30.6 Å². The molecule has 0 aliphatic carbocycles. The van der Waals surface area contributed by atoms with Gasteiger partial charge in [0.05, 0.1) is 0 Å². The van der Waals surface area contributed by atoms with Gasteiger partial charge in [-0.15, -0.1) is 0 Å². The van der Waals surface area contributed by atoms with Crippen molar-refractivity contribution in [3.8, 4) is 0 Å². The SMILES string of the molecule is CCCCCCOCCCCCC.[Al]. The summed E-state index contributed by atoms with van der Waals surface area (Å²) in [7, 11) is 0. The molecule has 0 spiro atoms. The molecule has 0 saturated heterocycles. The van der Waals surface area contributed by atoms with Crippen LogP contribution in [0.5, 0.6) is 0 Å². The quantitative estimate of drug-likeness (QED) is 0.396. The number of ether oxygens (including phenoxy) is 1. The maximum atomic E-state index is 5.53. The lowest BCUT2D eigenvalue weighted by Gasteiger charge is -2.03. The predicted octanol–water partition coefficient (Wildman–Crippen LogP) is 3.78. The second kappa shape index (κ2) is 15.9. The average Bonchev–Trinajstić information content (AvgIpc) is 2.16. The summed E-state index contributed by atoms with van der Waals surface area (Å²) in [6, 6.07) is 0. The Morgan fingerprint density at radius 3 is 1.43 bits per heavy atom. The van der Waals surface area contributed by atoms with E-state index in [9.17, 15) is 0 Å². The topological polar surface area (TPSA) is 9.23 Å². The van der Waals surface area contributed by atoms with Crippen LogP contribution in [0.25, 0.3) is 0 Å². The van der Waals surface area contributed by atoms with Crippen LogP contribution in [-0.2, 0) is 4.74 Å². The van der Waals surface area contributed by atoms with Crippen LogP contribution in [0.2, 0.25) is 0 Å². The van der Waals surface area contributed by atoms with Gasteiger partial charge in [-0.1, -0.05) is 52.4 Å². The Hall–Kier alpha value is 0.492. The molecule has 0 aliphatic heterocycles. The van der Waals surface area contributed by atoms with E-state index in [-0.39, 0.29) is 17.4 Å². The van der Waals surface area contributed by atoms with Crippen LogP contribution >= 0.6 is 0 Å². The van der Waals surface area contributed by atoms with E-state index >= 15 is 0 Å². The zero-order valence-corrected chi connectivity index (χ0v) is 11.2. The lowest BCUT2D eigenvalue weighted by molar-refractivity contribution is 0.126. The highest BCUT2D eigenvalue weighted by Gasteiger charge is 1.90. The van der Waals surface area contributed by atoms with E-state index in [4.69, 9.17) is 4.74 Å². The molecule has 0 aliphatic rings. The Morgan fingerprint density at radius 2 is 1.07 bits per heavy atom. The fourth-order valence-corrected chi connectivity index (χ4v) is 1.36. The smallest absolute Gasteiger partial charge is 0.0466 e. The summed E-state index contributed by atoms with van der Waals surface area (Å²) in [5.41, 5.74) is 0. The minimum atomic E-state index is 0. The van der Waals surface area contributed by atoms with Crippen LogP contribution in [0, 0.1) is 0 Å². The van der Waals surface area contributed by atoms with Crippen LogP contribution in [0.15, 0.2) is 0 Å². The second-order valence-electron chi connectivity index (χ2n) is 3.73. The predicted molar refractivity (Wildman–Crippen MR) is 64.9 cm³/mol. The molecule has 14 heavy (non-hydrogen) atoms. The van der Waals surface area contributed by atoms with Crippen molar-refractivity contribution in [2.75, 3.05) is 13.2 Å². The van der Waals surface area contributed by atoms with Gasteiger partial charge in [0.1, 0.15) is 0 Å². The van der Waals surface area contributed by atoms with Crippen molar-refractivity contribution in [1.29, 1.82) is 0 Å². The number of unbranched alkanes of at least 4 members (excludes halogenated alkanes) is 6. The monoisotopic (exact) mass is 213 g/mol. The van der Waals surface area contributed by atoms with Crippen molar-refractivity contribution in [3.63, 3.8) is 0 Å². The van der Waals surface area contributed by atoms with Gasteiger partial charge in [0.2, 0.25) is 0 Å². The number of hydrogen-bond acceptors (Lipinski definition) is 1. The van der Waals surface area contributed by atoms with E-state index < -0.39 is 0 Å². The zero-order valence-electron chi connectivity index (χ0n) is 10.1. The molecule has 0 atom stereocenters. The molecular formula is C12H26AlO. The number of hydrogen-bond donors (Lipinski definition) is 0. The maximum Gasteiger partial charge on any atom is 0.0466 e. The summed E-state index contributed by atoms with van der Waals surface area (Å²) in [6.45, 7) is 6.44. The molecule has 0 aromatic heterocycles. The van der Waals surface area contributed by atoms with Gasteiger partial charge >= 0.3 is 0 Å². The Morgan fingerprint density at radius 1 is 0.643 bits per heavy atom. The van der Waals surface area contributed by atoms with E-state index in [2.05, 4.69) is 13.8 Å². The lowest BCUT2D eigenvalue weighted by Crippen LogP contribution is -1.96. The second-order valence-corrected chi connectivity index (χ2v) is 3.73. The van der Waals surface area contributed by atoms with Crippen molar-refractivity contribution >= 4 is 17.4 Å². The highest BCUT2D eigenvalue weighted by molar-refractivity contribution is 5.75. The summed E-state index contributed by atoms with van der Waals surface area (Å²) in [5, 5.41) is 0. The third kappa shape index (κ3) is 15.0. The molecule has 0 heterocycles. The maximum absolute atomic E-state index is 5.53. The summed E-state index contributed by atoms with van der Waals surface area (Å²) >= 11 is 0. The summed E-state index contributed by atoms with van der Waals surface area (Å²) < 4.78 is 5.53. The van der Waals surface area contributed by atoms with Crippen molar-refractivity contribution < 1.29 is 4.74 Å². The van der Waals surface area contributed by atoms with Gasteiger partial charge in [-0.2, -0.15) is 0 Å². The molecule has 0 aromatic rings. The van der Waals surface area contributed by atoms with Gasteiger partial charge in [0.15, 0.2) is 0 Å². The van der Waals surface area contributed by atoms with E-state index in [1.165, 1.54) is 51.4 Å². The highest BCUT2D eigenvalue weighted by Crippen LogP contribution is 2.01. The largest absolute Gasteiger partial charge is 0.381 e. The van der Waals surface area contributed by atoms with Gasteiger partial charge in [0.25, 0.3) is 0 Å². The first-order valence-electron chi connectivity index (χ1n) is 5.99. The molecule has 1 nitrogen and oxygen atoms in total. The van der Waals surface area contributed by atoms with E-state index in [1.807, 2.05) is 0 Å². The van der Waals surface area contributed by atoms with Gasteiger partial charge < -0.3 is 4.74 Å². The van der Waals surface area contributed by atoms with Crippen molar-refractivity contribution in [3.05, 3.63) is 0 Å². The Kier molecular flexibility index (Phi) is 19.3. The number of rotatable bonds is 10. The average molecular weight is 213 g/mol. The third-order valence-corrected chi connectivity index (χ3v) is 2.28. The van der Waals surface area contributed by atoms with Crippen LogP contribution in [0.1, 0.15) is 65.2 Å². The van der Waals surface area contributed by atoms with Crippen molar-refractivity contribution in [1.82, 2.24) is 0 Å². The minimum absolute atomic E-state index is 0. The first-order chi connectivity index (χ1) is 6.41. The molecule has 0 bridgehead atoms. The molecule has 0 unspecified atom stereocenters. The fourth-order valence-electron chi connectivity index (χ4n) is 1.36. The van der Waals surface area contributed by atoms with Gasteiger partial charge in [-0.25, -0.2) is 0 Å². The Balaban J connectivity index is 0. The highest BCUT2D eigenvalue weighted by atomic mass is 27.0. The molecule has 0 amide bonds. The van der Waals surface area contributed by atoms with Crippen LogP contribution in [0.3, 0.4) is 0 Å². The molecule has 0 aromatic carbocycles. The first-order valence-corrected chi connectivity index (χ1v) is 5.99. The van der Waals surface area contributed by atoms with Crippen LogP contribution in [-0.4, -0.2) is 30.6 Å². The standard InChI is InChI=1S/C12H26O.Al/c1-3-5-7-9-11-13-12-10-8-6-4-2;/h3-12H2,1-2H3;. The normalized spacial score (nSPS) is 9.86. The van der Waals surface area contributed by atoms with Crippen LogP contribution in [0.4, 0.5) is 0 Å². The van der Waals surface area contributed by atoms with Crippen LogP contribution < -0.4 is 0 Å². The molecular weight excluding hydrogens is 187 g/mol.